The smallest absolute Gasteiger partial charge is 0.341 e. The lowest BCUT2D eigenvalue weighted by atomic mass is 10.2. The van der Waals surface area contributed by atoms with E-state index in [0.29, 0.717) is 43.4 Å². The average Bonchev–Trinajstić information content (AvgIpc) is 3.36. The van der Waals surface area contributed by atoms with E-state index in [1.54, 1.807) is 67.8 Å². The molecule has 0 saturated heterocycles. The molecule has 0 aliphatic carbocycles. The van der Waals surface area contributed by atoms with Crippen LogP contribution in [0.15, 0.2) is 79.4 Å². The Morgan fingerprint density at radius 2 is 1.87 bits per heavy atom. The number of para-hydroxylation sites is 1. The standard InChI is InChI=1S/C27H20BrN3O7/c1-35-20-8-5-9-21-18(20)12-23(38-21)26-30-19-7-4-3-6-17(19)27(34)31(26)29-13-15-10-16(28)11-22(36-2)25(15)37-14-24(32)33/h3-13H,14H2,1-2H3,(H,32,33). The van der Waals surface area contributed by atoms with E-state index < -0.39 is 18.1 Å². The average molecular weight is 578 g/mol. The number of halogens is 1. The van der Waals surface area contributed by atoms with Gasteiger partial charge in [0.2, 0.25) is 5.82 Å². The third-order valence-electron chi connectivity index (χ3n) is 5.64. The zero-order valence-corrected chi connectivity index (χ0v) is 21.8. The molecule has 38 heavy (non-hydrogen) atoms. The second kappa shape index (κ2) is 10.4. The Balaban J connectivity index is 1.71. The molecule has 2 heterocycles. The Kier molecular flexibility index (Phi) is 6.84. The van der Waals surface area contributed by atoms with E-state index in [-0.39, 0.29) is 17.3 Å². The summed E-state index contributed by atoms with van der Waals surface area (Å²) in [5, 5.41) is 14.6. The van der Waals surface area contributed by atoms with E-state index in [9.17, 15) is 9.59 Å². The van der Waals surface area contributed by atoms with Crippen LogP contribution in [0.25, 0.3) is 33.5 Å². The van der Waals surface area contributed by atoms with Gasteiger partial charge in [0.25, 0.3) is 5.56 Å². The molecular formula is C27H20BrN3O7. The van der Waals surface area contributed by atoms with Gasteiger partial charge in [-0.15, -0.1) is 0 Å². The van der Waals surface area contributed by atoms with Crippen molar-refractivity contribution in [3.8, 4) is 28.8 Å². The van der Waals surface area contributed by atoms with Crippen molar-refractivity contribution in [3.05, 3.63) is 81.1 Å². The van der Waals surface area contributed by atoms with Crippen molar-refractivity contribution in [1.82, 2.24) is 9.66 Å². The van der Waals surface area contributed by atoms with Crippen LogP contribution in [0.4, 0.5) is 0 Å². The topological polar surface area (TPSA) is 125 Å². The number of methoxy groups -OCH3 is 2. The Morgan fingerprint density at radius 1 is 1.08 bits per heavy atom. The maximum absolute atomic E-state index is 13.6. The number of carboxylic acids is 1. The first-order chi connectivity index (χ1) is 18.4. The number of nitrogens with zero attached hydrogens (tertiary/aromatic N) is 3. The molecular weight excluding hydrogens is 558 g/mol. The number of aliphatic carboxylic acids is 1. The summed E-state index contributed by atoms with van der Waals surface area (Å²) in [5.41, 5.74) is 0.971. The molecule has 0 amide bonds. The molecule has 0 fully saturated rings. The van der Waals surface area contributed by atoms with Crippen molar-refractivity contribution < 1.29 is 28.5 Å². The van der Waals surface area contributed by atoms with Crippen molar-refractivity contribution in [1.29, 1.82) is 0 Å². The predicted octanol–water partition coefficient (Wildman–Crippen LogP) is 4.94. The van der Waals surface area contributed by atoms with Crippen LogP contribution in [-0.2, 0) is 4.79 Å². The summed E-state index contributed by atoms with van der Waals surface area (Å²) in [4.78, 5) is 29.4. The van der Waals surface area contributed by atoms with E-state index >= 15 is 0 Å². The Morgan fingerprint density at radius 3 is 2.63 bits per heavy atom. The minimum absolute atomic E-state index is 0.152. The van der Waals surface area contributed by atoms with Gasteiger partial charge in [0.1, 0.15) is 11.3 Å². The highest BCUT2D eigenvalue weighted by molar-refractivity contribution is 9.10. The maximum atomic E-state index is 13.6. The highest BCUT2D eigenvalue weighted by Gasteiger charge is 2.19. The first kappa shape index (κ1) is 25.0. The number of rotatable bonds is 8. The molecule has 1 N–H and O–H groups in total. The number of aromatic nitrogens is 2. The van der Waals surface area contributed by atoms with Crippen LogP contribution in [0.2, 0.25) is 0 Å². The van der Waals surface area contributed by atoms with Gasteiger partial charge in [0.15, 0.2) is 23.9 Å². The lowest BCUT2D eigenvalue weighted by molar-refractivity contribution is -0.139. The van der Waals surface area contributed by atoms with Gasteiger partial charge in [-0.05, 0) is 42.5 Å². The summed E-state index contributed by atoms with van der Waals surface area (Å²) >= 11 is 3.40. The predicted molar refractivity (Wildman–Crippen MR) is 145 cm³/mol. The van der Waals surface area contributed by atoms with Gasteiger partial charge < -0.3 is 23.7 Å². The van der Waals surface area contributed by atoms with Crippen molar-refractivity contribution >= 4 is 50.0 Å². The summed E-state index contributed by atoms with van der Waals surface area (Å²) in [6.07, 6.45) is 1.37. The Hall–Kier alpha value is -4.64. The van der Waals surface area contributed by atoms with Crippen LogP contribution in [0.5, 0.6) is 17.2 Å². The molecule has 5 rings (SSSR count). The van der Waals surface area contributed by atoms with Crippen LogP contribution < -0.4 is 19.8 Å². The van der Waals surface area contributed by atoms with Crippen LogP contribution in [0.3, 0.4) is 0 Å². The molecule has 0 saturated carbocycles. The van der Waals surface area contributed by atoms with Crippen LogP contribution >= 0.6 is 15.9 Å². The molecule has 192 valence electrons. The van der Waals surface area contributed by atoms with Gasteiger partial charge in [-0.1, -0.05) is 34.1 Å². The van der Waals surface area contributed by atoms with E-state index in [2.05, 4.69) is 26.0 Å². The molecule has 0 spiro atoms. The number of hydrogen-bond donors (Lipinski definition) is 1. The van der Waals surface area contributed by atoms with Crippen molar-refractivity contribution in [3.63, 3.8) is 0 Å². The second-order valence-corrected chi connectivity index (χ2v) is 8.92. The van der Waals surface area contributed by atoms with E-state index in [4.69, 9.17) is 23.7 Å². The fraction of sp³-hybridized carbons (Fsp3) is 0.111. The first-order valence-electron chi connectivity index (χ1n) is 11.2. The van der Waals surface area contributed by atoms with Gasteiger partial charge in [0.05, 0.1) is 36.7 Å². The number of fused-ring (bicyclic) bond motifs is 2. The number of carbonyl (C=O) groups is 1. The fourth-order valence-corrected chi connectivity index (χ4v) is 4.41. The lowest BCUT2D eigenvalue weighted by Crippen LogP contribution is -2.20. The maximum Gasteiger partial charge on any atom is 0.341 e. The van der Waals surface area contributed by atoms with E-state index in [1.165, 1.54) is 13.3 Å². The molecule has 0 aliphatic rings. The fourth-order valence-electron chi connectivity index (χ4n) is 3.96. The molecule has 3 aromatic carbocycles. The molecule has 10 nitrogen and oxygen atoms in total. The van der Waals surface area contributed by atoms with Crippen molar-refractivity contribution in [2.45, 2.75) is 0 Å². The number of ether oxygens (including phenoxy) is 3. The summed E-state index contributed by atoms with van der Waals surface area (Å²) in [6, 6.07) is 17.3. The van der Waals surface area contributed by atoms with E-state index in [1.807, 2.05) is 0 Å². The SMILES string of the molecule is COc1cc(Br)cc(C=Nn2c(-c3cc4c(OC)cccc4o3)nc3ccccc3c2=O)c1OCC(=O)O. The quantitative estimate of drug-likeness (QED) is 0.257. The molecule has 0 bridgehead atoms. The Labute approximate surface area is 223 Å². The van der Waals surface area contributed by atoms with Gasteiger partial charge in [-0.2, -0.15) is 9.78 Å². The number of carboxylic acid groups (broad SMARTS) is 1. The third-order valence-corrected chi connectivity index (χ3v) is 6.09. The summed E-state index contributed by atoms with van der Waals surface area (Å²) in [7, 11) is 2.99. The third kappa shape index (κ3) is 4.71. The second-order valence-electron chi connectivity index (χ2n) is 8.01. The monoisotopic (exact) mass is 577 g/mol. The minimum Gasteiger partial charge on any atom is -0.496 e. The molecule has 5 aromatic rings. The highest BCUT2D eigenvalue weighted by Crippen LogP contribution is 2.35. The van der Waals surface area contributed by atoms with Crippen LogP contribution in [0, 0.1) is 0 Å². The summed E-state index contributed by atoms with van der Waals surface area (Å²) in [6.45, 7) is -0.595. The molecule has 2 aromatic heterocycles. The molecule has 0 aliphatic heterocycles. The van der Waals surface area contributed by atoms with Gasteiger partial charge in [-0.25, -0.2) is 9.78 Å². The van der Waals surface area contributed by atoms with Crippen LogP contribution in [-0.4, -0.2) is 47.8 Å². The Bertz CT molecular complexity index is 1770. The summed E-state index contributed by atoms with van der Waals surface area (Å²) < 4.78 is 24.1. The number of hydrogen-bond acceptors (Lipinski definition) is 8. The first-order valence-corrected chi connectivity index (χ1v) is 12.0. The molecule has 0 atom stereocenters. The lowest BCUT2D eigenvalue weighted by Gasteiger charge is -2.13. The highest BCUT2D eigenvalue weighted by atomic mass is 79.9. The number of furan rings is 1. The minimum atomic E-state index is -1.16. The van der Waals surface area contributed by atoms with E-state index in [0.717, 1.165) is 4.68 Å². The van der Waals surface area contributed by atoms with Crippen molar-refractivity contribution in [2.75, 3.05) is 20.8 Å². The van der Waals surface area contributed by atoms with Gasteiger partial charge >= 0.3 is 5.97 Å². The zero-order chi connectivity index (χ0) is 26.8. The normalized spacial score (nSPS) is 11.3. The largest absolute Gasteiger partial charge is 0.496 e. The molecule has 0 unspecified atom stereocenters. The van der Waals surface area contributed by atoms with Crippen molar-refractivity contribution in [2.24, 2.45) is 5.10 Å². The van der Waals surface area contributed by atoms with Gasteiger partial charge in [-0.3, -0.25) is 4.79 Å². The van der Waals surface area contributed by atoms with Crippen LogP contribution in [0.1, 0.15) is 5.56 Å². The molecule has 11 heteroatoms. The summed E-state index contributed by atoms with van der Waals surface area (Å²) in [5.74, 6) is 0.360. The van der Waals surface area contributed by atoms with Gasteiger partial charge in [0, 0.05) is 10.0 Å². The zero-order valence-electron chi connectivity index (χ0n) is 20.2. The molecule has 0 radical (unpaired) electrons. The number of benzene rings is 3.